The Morgan fingerprint density at radius 1 is 1.38 bits per heavy atom. The van der Waals surface area contributed by atoms with Gasteiger partial charge in [0.05, 0.1) is 16.5 Å². The molecule has 3 rings (SSSR count). The molecule has 1 N–H and O–H groups in total. The van der Waals surface area contributed by atoms with E-state index in [0.29, 0.717) is 25.6 Å². The first-order valence-corrected chi connectivity index (χ1v) is 10.7. The van der Waals surface area contributed by atoms with Crippen molar-refractivity contribution in [1.29, 1.82) is 0 Å². The van der Waals surface area contributed by atoms with E-state index in [1.165, 1.54) is 6.07 Å². The van der Waals surface area contributed by atoms with E-state index in [-0.39, 0.29) is 46.4 Å². The van der Waals surface area contributed by atoms with Crippen molar-refractivity contribution < 1.29 is 12.8 Å². The van der Waals surface area contributed by atoms with Gasteiger partial charge in [0, 0.05) is 26.2 Å². The van der Waals surface area contributed by atoms with E-state index in [0.717, 1.165) is 24.4 Å². The van der Waals surface area contributed by atoms with E-state index in [2.05, 4.69) is 10.3 Å². The van der Waals surface area contributed by atoms with Gasteiger partial charge >= 0.3 is 0 Å². The molecule has 2 fully saturated rings. The van der Waals surface area contributed by atoms with Crippen LogP contribution >= 0.6 is 35.6 Å². The van der Waals surface area contributed by atoms with Crippen LogP contribution in [0, 0.1) is 11.7 Å². The minimum atomic E-state index is -2.89. The fourth-order valence-electron chi connectivity index (χ4n) is 2.91. The van der Waals surface area contributed by atoms with Gasteiger partial charge in [0.2, 0.25) is 0 Å². The van der Waals surface area contributed by atoms with Gasteiger partial charge in [-0.05, 0) is 42.9 Å². The van der Waals surface area contributed by atoms with E-state index < -0.39 is 15.7 Å². The highest BCUT2D eigenvalue weighted by Gasteiger charge is 2.28. The third-order valence-corrected chi connectivity index (χ3v) is 6.65. The van der Waals surface area contributed by atoms with E-state index in [1.807, 2.05) is 11.9 Å². The Morgan fingerprint density at radius 2 is 2.12 bits per heavy atom. The Hall–Kier alpha value is -0.610. The highest BCUT2D eigenvalue weighted by Crippen LogP contribution is 2.21. The van der Waals surface area contributed by atoms with Gasteiger partial charge in [-0.3, -0.25) is 4.99 Å². The molecule has 0 bridgehead atoms. The lowest BCUT2D eigenvalue weighted by atomic mass is 10.1. The number of halogens is 3. The quantitative estimate of drug-likeness (QED) is 0.372. The van der Waals surface area contributed by atoms with Crippen molar-refractivity contribution in [2.45, 2.75) is 31.8 Å². The van der Waals surface area contributed by atoms with Gasteiger partial charge in [-0.2, -0.15) is 0 Å². The Bertz CT molecular complexity index is 771. The highest BCUT2D eigenvalue weighted by atomic mass is 127. The highest BCUT2D eigenvalue weighted by molar-refractivity contribution is 14.0. The molecule has 1 atom stereocenters. The predicted octanol–water partition coefficient (Wildman–Crippen LogP) is 3.07. The van der Waals surface area contributed by atoms with E-state index in [1.54, 1.807) is 12.1 Å². The normalized spacial score (nSPS) is 22.0. The second kappa shape index (κ2) is 9.05. The molecule has 0 aromatic heterocycles. The van der Waals surface area contributed by atoms with Crippen molar-refractivity contribution in [3.05, 3.63) is 34.6 Å². The average Bonchev–Trinajstić information content (AvgIpc) is 3.29. The molecule has 0 radical (unpaired) electrons. The van der Waals surface area contributed by atoms with Gasteiger partial charge in [-0.1, -0.05) is 17.7 Å². The molecule has 2 aliphatic rings. The zero-order valence-corrected chi connectivity index (χ0v) is 18.5. The van der Waals surface area contributed by atoms with Crippen LogP contribution in [0.3, 0.4) is 0 Å². The Kier molecular flexibility index (Phi) is 7.55. The molecule has 9 heteroatoms. The number of benzene rings is 1. The molecule has 1 saturated heterocycles. The number of nitrogens with one attached hydrogen (secondary N) is 1. The molecule has 1 aromatic rings. The lowest BCUT2D eigenvalue weighted by Crippen LogP contribution is -2.40. The van der Waals surface area contributed by atoms with Crippen molar-refractivity contribution in [3.63, 3.8) is 0 Å². The minimum absolute atomic E-state index is 0. The summed E-state index contributed by atoms with van der Waals surface area (Å²) in [4.78, 5) is 6.57. The smallest absolute Gasteiger partial charge is 0.194 e. The molecular formula is C17H24ClFIN3O2S. The maximum atomic E-state index is 13.6. The summed E-state index contributed by atoms with van der Waals surface area (Å²) in [5.41, 5.74) is 0.804. The van der Waals surface area contributed by atoms with Crippen molar-refractivity contribution >= 4 is 51.4 Å². The largest absolute Gasteiger partial charge is 0.354 e. The lowest BCUT2D eigenvalue weighted by molar-refractivity contribution is 0.468. The van der Waals surface area contributed by atoms with Crippen molar-refractivity contribution in [1.82, 2.24) is 10.2 Å². The molecular weight excluding hydrogens is 492 g/mol. The molecule has 1 saturated carbocycles. The fraction of sp³-hybridized carbons (Fsp3) is 0.588. The SMILES string of the molecule is CN(Cc1ccc(Cl)c(F)c1)C(=NCC1CCS(=O)(=O)C1)NC1CC1.I. The maximum absolute atomic E-state index is 13.6. The minimum Gasteiger partial charge on any atom is -0.354 e. The summed E-state index contributed by atoms with van der Waals surface area (Å²) >= 11 is 5.73. The number of nitrogens with zero attached hydrogens (tertiary/aromatic N) is 2. The molecule has 1 heterocycles. The molecule has 1 aliphatic heterocycles. The van der Waals surface area contributed by atoms with Crippen LogP contribution in [0.2, 0.25) is 5.02 Å². The van der Waals surface area contributed by atoms with Crippen LogP contribution in [0.5, 0.6) is 0 Å². The van der Waals surface area contributed by atoms with Gasteiger partial charge in [-0.25, -0.2) is 12.8 Å². The number of rotatable bonds is 5. The summed E-state index contributed by atoms with van der Waals surface area (Å²) in [6.07, 6.45) is 2.90. The standard InChI is InChI=1S/C17H23ClFN3O2S.HI/c1-22(10-12-2-5-15(18)16(19)8-12)17(21-14-3-4-14)20-9-13-6-7-25(23,24)11-13;/h2,5,8,13-14H,3-4,6-7,9-11H2,1H3,(H,20,21);1H. The number of aliphatic imine (C=N–C) groups is 1. The number of hydrogen-bond donors (Lipinski definition) is 1. The molecule has 0 spiro atoms. The summed E-state index contributed by atoms with van der Waals surface area (Å²) in [7, 11) is -0.994. The van der Waals surface area contributed by atoms with E-state index >= 15 is 0 Å². The third kappa shape index (κ3) is 6.23. The second-order valence-electron chi connectivity index (χ2n) is 6.96. The molecule has 26 heavy (non-hydrogen) atoms. The van der Waals surface area contributed by atoms with Crippen molar-refractivity contribution in [2.24, 2.45) is 10.9 Å². The van der Waals surface area contributed by atoms with Gasteiger partial charge in [0.25, 0.3) is 0 Å². The molecule has 1 aromatic carbocycles. The number of sulfone groups is 1. The maximum Gasteiger partial charge on any atom is 0.194 e. The van der Waals surface area contributed by atoms with E-state index in [9.17, 15) is 12.8 Å². The average molecular weight is 516 g/mol. The molecule has 0 amide bonds. The molecule has 146 valence electrons. The van der Waals surface area contributed by atoms with Gasteiger partial charge < -0.3 is 10.2 Å². The third-order valence-electron chi connectivity index (χ3n) is 4.50. The molecule has 1 aliphatic carbocycles. The second-order valence-corrected chi connectivity index (χ2v) is 9.59. The Labute approximate surface area is 176 Å². The van der Waals surface area contributed by atoms with Crippen LogP contribution in [0.4, 0.5) is 4.39 Å². The Morgan fingerprint density at radius 3 is 2.69 bits per heavy atom. The van der Waals surface area contributed by atoms with E-state index in [4.69, 9.17) is 11.6 Å². The molecule has 5 nitrogen and oxygen atoms in total. The van der Waals surface area contributed by atoms with Crippen molar-refractivity contribution in [2.75, 3.05) is 25.1 Å². The topological polar surface area (TPSA) is 61.8 Å². The summed E-state index contributed by atoms with van der Waals surface area (Å²) < 4.78 is 36.8. The summed E-state index contributed by atoms with van der Waals surface area (Å²) in [6.45, 7) is 0.989. The summed E-state index contributed by atoms with van der Waals surface area (Å²) in [6, 6.07) is 5.20. The Balaban J connectivity index is 0.00000243. The van der Waals surface area contributed by atoms with Crippen LogP contribution in [0.15, 0.2) is 23.2 Å². The van der Waals surface area contributed by atoms with Gasteiger partial charge in [0.15, 0.2) is 15.8 Å². The first-order valence-electron chi connectivity index (χ1n) is 8.49. The summed E-state index contributed by atoms with van der Waals surface area (Å²) in [5, 5.41) is 3.50. The van der Waals surface area contributed by atoms with Crippen LogP contribution in [-0.4, -0.2) is 50.4 Å². The van der Waals surface area contributed by atoms with Crippen LogP contribution < -0.4 is 5.32 Å². The van der Waals surface area contributed by atoms with Crippen LogP contribution in [-0.2, 0) is 16.4 Å². The zero-order chi connectivity index (χ0) is 18.0. The monoisotopic (exact) mass is 515 g/mol. The van der Waals surface area contributed by atoms with Gasteiger partial charge in [-0.15, -0.1) is 24.0 Å². The summed E-state index contributed by atoms with van der Waals surface area (Å²) in [5.74, 6) is 0.875. The number of guanidine groups is 1. The predicted molar refractivity (Wildman–Crippen MR) is 114 cm³/mol. The molecule has 1 unspecified atom stereocenters. The van der Waals surface area contributed by atoms with Crippen molar-refractivity contribution in [3.8, 4) is 0 Å². The zero-order valence-electron chi connectivity index (χ0n) is 14.6. The van der Waals surface area contributed by atoms with Crippen LogP contribution in [0.1, 0.15) is 24.8 Å². The number of hydrogen-bond acceptors (Lipinski definition) is 3. The fourth-order valence-corrected chi connectivity index (χ4v) is 4.87. The lowest BCUT2D eigenvalue weighted by Gasteiger charge is -2.23. The first kappa shape index (κ1) is 21.7. The van der Waals surface area contributed by atoms with Gasteiger partial charge in [0.1, 0.15) is 5.82 Å². The van der Waals surface area contributed by atoms with Crippen LogP contribution in [0.25, 0.3) is 0 Å². The first-order chi connectivity index (χ1) is 11.8.